The van der Waals surface area contributed by atoms with Crippen molar-refractivity contribution in [2.75, 3.05) is 11.5 Å². The maximum absolute atomic E-state index is 11.3. The molecule has 0 bridgehead atoms. The van der Waals surface area contributed by atoms with Crippen LogP contribution in [0.2, 0.25) is 0 Å². The number of thiazole rings is 1. The summed E-state index contributed by atoms with van der Waals surface area (Å²) in [7, 11) is -0.567. The van der Waals surface area contributed by atoms with E-state index in [-0.39, 0.29) is 0 Å². The van der Waals surface area contributed by atoms with E-state index < -0.39 is 10.8 Å². The smallest absolute Gasteiger partial charge is 0.109 e. The van der Waals surface area contributed by atoms with Gasteiger partial charge >= 0.3 is 0 Å². The van der Waals surface area contributed by atoms with Crippen molar-refractivity contribution >= 4 is 22.1 Å². The van der Waals surface area contributed by atoms with Gasteiger partial charge in [0.05, 0.1) is 6.04 Å². The average molecular weight is 258 g/mol. The Morgan fingerprint density at radius 2 is 2.38 bits per heavy atom. The van der Waals surface area contributed by atoms with Crippen LogP contribution in [0.3, 0.4) is 0 Å². The Morgan fingerprint density at radius 1 is 1.62 bits per heavy atom. The molecule has 2 rings (SSSR count). The maximum atomic E-state index is 11.3. The monoisotopic (exact) mass is 258 g/mol. The summed E-state index contributed by atoms with van der Waals surface area (Å²) in [6.45, 7) is 2.18. The molecule has 5 heteroatoms. The Labute approximate surface area is 103 Å². The number of hydrogen-bond donors (Lipinski definition) is 1. The molecule has 1 saturated heterocycles. The van der Waals surface area contributed by atoms with Gasteiger partial charge in [0.25, 0.3) is 0 Å². The van der Waals surface area contributed by atoms with Crippen molar-refractivity contribution < 1.29 is 4.21 Å². The molecular weight excluding hydrogens is 240 g/mol. The third kappa shape index (κ3) is 3.12. The molecule has 1 fully saturated rings. The van der Waals surface area contributed by atoms with Crippen molar-refractivity contribution in [2.24, 2.45) is 0 Å². The van der Waals surface area contributed by atoms with Gasteiger partial charge in [0, 0.05) is 39.9 Å². The van der Waals surface area contributed by atoms with Gasteiger partial charge in [0.1, 0.15) is 5.01 Å². The zero-order valence-electron chi connectivity index (χ0n) is 9.52. The highest BCUT2D eigenvalue weighted by atomic mass is 32.2. The van der Waals surface area contributed by atoms with Crippen molar-refractivity contribution in [1.29, 1.82) is 0 Å². The molecule has 2 heterocycles. The van der Waals surface area contributed by atoms with Gasteiger partial charge in [-0.25, -0.2) is 4.98 Å². The zero-order chi connectivity index (χ0) is 11.4. The highest BCUT2D eigenvalue weighted by molar-refractivity contribution is 7.85. The van der Waals surface area contributed by atoms with Gasteiger partial charge in [-0.2, -0.15) is 0 Å². The lowest BCUT2D eigenvalue weighted by atomic mass is 10.1. The summed E-state index contributed by atoms with van der Waals surface area (Å²) < 4.78 is 11.3. The second-order valence-corrected chi connectivity index (χ2v) is 6.74. The Kier molecular flexibility index (Phi) is 4.49. The number of nitrogens with zero attached hydrogens (tertiary/aromatic N) is 1. The highest BCUT2D eigenvalue weighted by Gasteiger charge is 2.21. The first-order valence-electron chi connectivity index (χ1n) is 5.80. The first-order chi connectivity index (χ1) is 7.79. The normalized spacial score (nSPS) is 27.8. The quantitative estimate of drug-likeness (QED) is 0.899. The van der Waals surface area contributed by atoms with E-state index in [9.17, 15) is 4.21 Å². The first-order valence-corrected chi connectivity index (χ1v) is 8.16. The van der Waals surface area contributed by atoms with Crippen molar-refractivity contribution in [3.05, 3.63) is 16.6 Å². The molecule has 1 aromatic rings. The SMILES string of the molecule is CCC(NC1CCS(=O)CC1)c1nccs1. The standard InChI is InChI=1S/C11H18N2OS2/c1-2-10(11-12-5-6-15-11)13-9-3-7-16(14)8-4-9/h5-6,9-10,13H,2-4,7-8H2,1H3. The van der Waals surface area contributed by atoms with Crippen LogP contribution >= 0.6 is 11.3 Å². The topological polar surface area (TPSA) is 42.0 Å². The van der Waals surface area contributed by atoms with E-state index in [1.807, 2.05) is 11.6 Å². The van der Waals surface area contributed by atoms with E-state index >= 15 is 0 Å². The van der Waals surface area contributed by atoms with E-state index in [2.05, 4.69) is 17.2 Å². The third-order valence-electron chi connectivity index (χ3n) is 2.98. The van der Waals surface area contributed by atoms with Gasteiger partial charge in [0.2, 0.25) is 0 Å². The molecule has 1 unspecified atom stereocenters. The molecular formula is C11H18N2OS2. The van der Waals surface area contributed by atoms with Crippen LogP contribution in [-0.4, -0.2) is 26.7 Å². The summed E-state index contributed by atoms with van der Waals surface area (Å²) in [6, 6.07) is 0.892. The second kappa shape index (κ2) is 5.89. The third-order valence-corrected chi connectivity index (χ3v) is 5.25. The minimum absolute atomic E-state index is 0.372. The molecule has 1 aromatic heterocycles. The summed E-state index contributed by atoms with van der Waals surface area (Å²) in [6.07, 6.45) is 5.00. The van der Waals surface area contributed by atoms with E-state index in [0.717, 1.165) is 30.8 Å². The summed E-state index contributed by atoms with van der Waals surface area (Å²) >= 11 is 1.71. The Bertz CT molecular complexity index is 330. The van der Waals surface area contributed by atoms with Gasteiger partial charge in [-0.15, -0.1) is 11.3 Å². The Morgan fingerprint density at radius 3 is 2.94 bits per heavy atom. The summed E-state index contributed by atoms with van der Waals surface area (Å²) in [5.74, 6) is 1.71. The maximum Gasteiger partial charge on any atom is 0.109 e. The van der Waals surface area contributed by atoms with Crippen LogP contribution in [0.1, 0.15) is 37.2 Å². The molecule has 0 spiro atoms. The molecule has 0 aliphatic carbocycles. The van der Waals surface area contributed by atoms with Crippen LogP contribution in [0.5, 0.6) is 0 Å². The number of nitrogens with one attached hydrogen (secondary N) is 1. The van der Waals surface area contributed by atoms with E-state index in [1.165, 1.54) is 5.01 Å². The number of hydrogen-bond acceptors (Lipinski definition) is 4. The molecule has 0 aromatic carbocycles. The highest BCUT2D eigenvalue weighted by Crippen LogP contribution is 2.21. The molecule has 90 valence electrons. The fourth-order valence-corrected chi connectivity index (χ4v) is 4.10. The summed E-state index contributed by atoms with van der Waals surface area (Å²) in [5.41, 5.74) is 0. The Hall–Kier alpha value is -0.260. The predicted octanol–water partition coefficient (Wildman–Crippen LogP) is 2.09. The second-order valence-electron chi connectivity index (χ2n) is 4.12. The van der Waals surface area contributed by atoms with Crippen molar-refractivity contribution in [3.63, 3.8) is 0 Å². The fourth-order valence-electron chi connectivity index (χ4n) is 2.02. The van der Waals surface area contributed by atoms with Crippen LogP contribution in [0.25, 0.3) is 0 Å². The summed E-state index contributed by atoms with van der Waals surface area (Å²) in [4.78, 5) is 4.36. The van der Waals surface area contributed by atoms with Crippen molar-refractivity contribution in [1.82, 2.24) is 10.3 Å². The number of aromatic nitrogens is 1. The lowest BCUT2D eigenvalue weighted by Crippen LogP contribution is -2.37. The largest absolute Gasteiger partial charge is 0.305 e. The van der Waals surface area contributed by atoms with Crippen LogP contribution in [0, 0.1) is 0 Å². The first kappa shape index (κ1) is 12.2. The molecule has 0 saturated carbocycles. The Balaban J connectivity index is 1.90. The fraction of sp³-hybridized carbons (Fsp3) is 0.727. The van der Waals surface area contributed by atoms with E-state index in [1.54, 1.807) is 11.3 Å². The molecule has 16 heavy (non-hydrogen) atoms. The average Bonchev–Trinajstić information content (AvgIpc) is 2.82. The van der Waals surface area contributed by atoms with Gasteiger partial charge < -0.3 is 5.32 Å². The summed E-state index contributed by atoms with van der Waals surface area (Å²) in [5, 5.41) is 6.84. The minimum Gasteiger partial charge on any atom is -0.305 e. The molecule has 0 radical (unpaired) electrons. The molecule has 1 aliphatic rings. The van der Waals surface area contributed by atoms with Crippen LogP contribution in [-0.2, 0) is 10.8 Å². The molecule has 1 N–H and O–H groups in total. The molecule has 1 atom stereocenters. The van der Waals surface area contributed by atoms with Crippen LogP contribution in [0.4, 0.5) is 0 Å². The van der Waals surface area contributed by atoms with E-state index in [0.29, 0.717) is 12.1 Å². The van der Waals surface area contributed by atoms with Crippen LogP contribution in [0.15, 0.2) is 11.6 Å². The van der Waals surface area contributed by atoms with Crippen LogP contribution < -0.4 is 5.32 Å². The molecule has 1 aliphatic heterocycles. The van der Waals surface area contributed by atoms with Gasteiger partial charge in [-0.05, 0) is 19.3 Å². The predicted molar refractivity (Wildman–Crippen MR) is 69.2 cm³/mol. The van der Waals surface area contributed by atoms with Crippen molar-refractivity contribution in [3.8, 4) is 0 Å². The van der Waals surface area contributed by atoms with E-state index in [4.69, 9.17) is 0 Å². The van der Waals surface area contributed by atoms with Gasteiger partial charge in [-0.1, -0.05) is 6.92 Å². The zero-order valence-corrected chi connectivity index (χ0v) is 11.1. The van der Waals surface area contributed by atoms with Gasteiger partial charge in [0.15, 0.2) is 0 Å². The lowest BCUT2D eigenvalue weighted by molar-refractivity contribution is 0.402. The van der Waals surface area contributed by atoms with Gasteiger partial charge in [-0.3, -0.25) is 4.21 Å². The lowest BCUT2D eigenvalue weighted by Gasteiger charge is -2.26. The number of rotatable bonds is 4. The molecule has 3 nitrogen and oxygen atoms in total. The van der Waals surface area contributed by atoms with Crippen molar-refractivity contribution in [2.45, 2.75) is 38.3 Å². The minimum atomic E-state index is -0.567. The molecule has 0 amide bonds.